The third kappa shape index (κ3) is 8.46. The molecular weight excluding hydrogens is 256 g/mol. The summed E-state index contributed by atoms with van der Waals surface area (Å²) in [7, 11) is 1.41. The van der Waals surface area contributed by atoms with Crippen LogP contribution in [0.25, 0.3) is 0 Å². The average Bonchev–Trinajstić information content (AvgIpc) is 2.25. The summed E-state index contributed by atoms with van der Waals surface area (Å²) in [6, 6.07) is -1.44. The van der Waals surface area contributed by atoms with Gasteiger partial charge < -0.3 is 26.8 Å². The molecule has 0 radical (unpaired) electrons. The maximum atomic E-state index is 11.5. The lowest BCUT2D eigenvalue weighted by atomic mass is 10.0. The highest BCUT2D eigenvalue weighted by Crippen LogP contribution is 2.03. The molecule has 0 spiro atoms. The number of nitrogens with two attached hydrogens (primary N) is 2. The van der Waals surface area contributed by atoms with Crippen LogP contribution in [0.4, 0.5) is 0 Å². The van der Waals surface area contributed by atoms with E-state index in [1.807, 2.05) is 0 Å². The second-order valence-corrected chi connectivity index (χ2v) is 4.40. The van der Waals surface area contributed by atoms with E-state index in [9.17, 15) is 14.7 Å². The Morgan fingerprint density at radius 1 is 1.37 bits per heavy atom. The second-order valence-electron chi connectivity index (χ2n) is 4.40. The van der Waals surface area contributed by atoms with E-state index in [2.05, 4.69) is 5.43 Å². The van der Waals surface area contributed by atoms with Gasteiger partial charge in [0.25, 0.3) is 0 Å². The number of carbonyl (C=O) groups excluding carboxylic acids is 1. The van der Waals surface area contributed by atoms with Crippen molar-refractivity contribution >= 4 is 11.9 Å². The molecule has 0 saturated heterocycles. The van der Waals surface area contributed by atoms with Crippen molar-refractivity contribution in [3.63, 3.8) is 0 Å². The van der Waals surface area contributed by atoms with Crippen molar-refractivity contribution in [1.82, 2.24) is 10.4 Å². The third-order valence-corrected chi connectivity index (χ3v) is 2.38. The zero-order valence-corrected chi connectivity index (χ0v) is 10.8. The molecule has 0 rings (SSSR count). The topological polar surface area (TPSA) is 162 Å². The predicted octanol–water partition coefficient (Wildman–Crippen LogP) is -3.18. The number of carboxylic acid groups (broad SMARTS) is 1. The van der Waals surface area contributed by atoms with Crippen molar-refractivity contribution in [2.75, 3.05) is 20.2 Å². The highest BCUT2D eigenvalue weighted by molar-refractivity contribution is 5.76. The van der Waals surface area contributed by atoms with Gasteiger partial charge in [-0.1, -0.05) is 0 Å². The van der Waals surface area contributed by atoms with Crippen molar-refractivity contribution < 1.29 is 24.9 Å². The molecule has 3 atom stereocenters. The van der Waals surface area contributed by atoms with E-state index in [4.69, 9.17) is 21.7 Å². The molecule has 0 saturated carbocycles. The third-order valence-electron chi connectivity index (χ3n) is 2.38. The van der Waals surface area contributed by atoms with Gasteiger partial charge in [-0.25, -0.2) is 5.01 Å². The molecular formula is C10H22N4O5. The van der Waals surface area contributed by atoms with E-state index in [0.717, 1.165) is 5.01 Å². The minimum atomic E-state index is -1.07. The van der Waals surface area contributed by atoms with Crippen molar-refractivity contribution in [2.24, 2.45) is 11.5 Å². The number of rotatable bonds is 9. The normalized spacial score (nSPS) is 15.9. The fraction of sp³-hybridized carbons (Fsp3) is 0.800. The molecule has 0 heterocycles. The summed E-state index contributed by atoms with van der Waals surface area (Å²) < 4.78 is 0. The van der Waals surface area contributed by atoms with Crippen LogP contribution in [0.5, 0.6) is 0 Å². The first-order valence-corrected chi connectivity index (χ1v) is 5.78. The SMILES string of the molecule is CN(CC(=O)O)NC(=O)C[C@H](N)C[C@@H](O)[C@H](N)CO. The van der Waals surface area contributed by atoms with Crippen molar-refractivity contribution in [2.45, 2.75) is 31.0 Å². The van der Waals surface area contributed by atoms with Gasteiger partial charge in [0.15, 0.2) is 0 Å². The van der Waals surface area contributed by atoms with E-state index in [0.29, 0.717) is 0 Å². The fourth-order valence-corrected chi connectivity index (χ4v) is 1.43. The maximum Gasteiger partial charge on any atom is 0.319 e. The molecule has 0 aliphatic heterocycles. The van der Waals surface area contributed by atoms with Crippen molar-refractivity contribution in [3.05, 3.63) is 0 Å². The molecule has 0 aliphatic carbocycles. The molecule has 19 heavy (non-hydrogen) atoms. The first kappa shape index (κ1) is 17.7. The van der Waals surface area contributed by atoms with Gasteiger partial charge in [0.05, 0.1) is 18.8 Å². The lowest BCUT2D eigenvalue weighted by molar-refractivity contribution is -0.139. The van der Waals surface area contributed by atoms with Crippen molar-refractivity contribution in [1.29, 1.82) is 0 Å². The zero-order valence-electron chi connectivity index (χ0n) is 10.8. The number of nitrogens with zero attached hydrogens (tertiary/aromatic N) is 1. The van der Waals surface area contributed by atoms with Crippen LogP contribution in [0.1, 0.15) is 12.8 Å². The van der Waals surface area contributed by atoms with Crippen LogP contribution >= 0.6 is 0 Å². The number of carboxylic acids is 1. The number of hydrogen-bond acceptors (Lipinski definition) is 7. The number of hydrogen-bond donors (Lipinski definition) is 6. The molecule has 112 valence electrons. The average molecular weight is 278 g/mol. The van der Waals surface area contributed by atoms with Crippen LogP contribution in [0.3, 0.4) is 0 Å². The Bertz CT molecular complexity index is 302. The Morgan fingerprint density at radius 2 is 1.95 bits per heavy atom. The second kappa shape index (κ2) is 8.77. The van der Waals surface area contributed by atoms with Gasteiger partial charge in [-0.2, -0.15) is 0 Å². The summed E-state index contributed by atoms with van der Waals surface area (Å²) in [6.45, 7) is -0.708. The first-order chi connectivity index (χ1) is 8.76. The standard InChI is InChI=1S/C10H22N4O5/c1-14(4-10(18)19)13-9(17)3-6(11)2-8(16)7(12)5-15/h6-8,15-16H,2-5,11-12H2,1H3,(H,13,17)(H,18,19)/t6-,7-,8-/m1/s1. The van der Waals surface area contributed by atoms with E-state index in [1.54, 1.807) is 0 Å². The van der Waals surface area contributed by atoms with Crippen LogP contribution in [-0.2, 0) is 9.59 Å². The quantitative estimate of drug-likeness (QED) is 0.240. The summed E-state index contributed by atoms with van der Waals surface area (Å²) in [5.41, 5.74) is 13.4. The number of aliphatic hydroxyl groups excluding tert-OH is 2. The predicted molar refractivity (Wildman–Crippen MR) is 66.7 cm³/mol. The first-order valence-electron chi connectivity index (χ1n) is 5.78. The van der Waals surface area contributed by atoms with Crippen LogP contribution in [0.2, 0.25) is 0 Å². The van der Waals surface area contributed by atoms with Gasteiger partial charge >= 0.3 is 5.97 Å². The molecule has 9 heteroatoms. The number of hydrazine groups is 1. The highest BCUT2D eigenvalue weighted by Gasteiger charge is 2.19. The number of aliphatic carboxylic acids is 1. The van der Waals surface area contributed by atoms with Crippen LogP contribution in [0, 0.1) is 0 Å². The monoisotopic (exact) mass is 278 g/mol. The fourth-order valence-electron chi connectivity index (χ4n) is 1.43. The molecule has 1 amide bonds. The highest BCUT2D eigenvalue weighted by atomic mass is 16.4. The summed E-state index contributed by atoms with van der Waals surface area (Å²) in [5.74, 6) is -1.53. The lowest BCUT2D eigenvalue weighted by Gasteiger charge is -2.21. The largest absolute Gasteiger partial charge is 0.480 e. The summed E-state index contributed by atoms with van der Waals surface area (Å²) in [4.78, 5) is 21.9. The van der Waals surface area contributed by atoms with E-state index < -0.39 is 30.1 Å². The minimum absolute atomic E-state index is 0.0673. The summed E-state index contributed by atoms with van der Waals surface area (Å²) >= 11 is 0. The van der Waals surface area contributed by atoms with Gasteiger partial charge in [0.2, 0.25) is 5.91 Å². The molecule has 0 fully saturated rings. The molecule has 0 bridgehead atoms. The van der Waals surface area contributed by atoms with Crippen LogP contribution < -0.4 is 16.9 Å². The Hall–Kier alpha value is -1.26. The summed E-state index contributed by atoms with van der Waals surface area (Å²) in [6.07, 6.45) is -1.01. The number of amides is 1. The molecule has 0 unspecified atom stereocenters. The van der Waals surface area contributed by atoms with Gasteiger partial charge in [-0.15, -0.1) is 0 Å². The minimum Gasteiger partial charge on any atom is -0.480 e. The lowest BCUT2D eigenvalue weighted by Crippen LogP contribution is -2.46. The Labute approximate surface area is 111 Å². The maximum absolute atomic E-state index is 11.5. The van der Waals surface area contributed by atoms with E-state index in [1.165, 1.54) is 7.05 Å². The molecule has 0 aliphatic rings. The number of nitrogens with one attached hydrogen (secondary N) is 1. The molecule has 8 N–H and O–H groups in total. The molecule has 0 aromatic heterocycles. The van der Waals surface area contributed by atoms with Crippen molar-refractivity contribution in [3.8, 4) is 0 Å². The van der Waals surface area contributed by atoms with Gasteiger partial charge in [0.1, 0.15) is 6.54 Å². The molecule has 0 aromatic carbocycles. The van der Waals surface area contributed by atoms with E-state index in [-0.39, 0.29) is 26.0 Å². The van der Waals surface area contributed by atoms with Gasteiger partial charge in [-0.05, 0) is 6.42 Å². The molecule has 0 aromatic rings. The smallest absolute Gasteiger partial charge is 0.319 e. The number of likely N-dealkylation sites (N-methyl/N-ethyl adjacent to an activating group) is 1. The number of aliphatic hydroxyl groups is 2. The Balaban J connectivity index is 4.01. The Kier molecular flexibility index (Phi) is 8.19. The van der Waals surface area contributed by atoms with Crippen LogP contribution in [-0.4, -0.2) is 70.6 Å². The zero-order chi connectivity index (χ0) is 15.0. The van der Waals surface area contributed by atoms with Crippen LogP contribution in [0.15, 0.2) is 0 Å². The Morgan fingerprint density at radius 3 is 2.42 bits per heavy atom. The van der Waals surface area contributed by atoms with Gasteiger partial charge in [0, 0.05) is 19.5 Å². The molecule has 9 nitrogen and oxygen atoms in total. The van der Waals surface area contributed by atoms with E-state index >= 15 is 0 Å². The van der Waals surface area contributed by atoms with Gasteiger partial charge in [-0.3, -0.25) is 15.0 Å². The number of carbonyl (C=O) groups is 2. The summed E-state index contributed by atoms with van der Waals surface area (Å²) in [5, 5.41) is 27.9.